The summed E-state index contributed by atoms with van der Waals surface area (Å²) in [6.07, 6.45) is 2.62. The van der Waals surface area contributed by atoms with Crippen LogP contribution in [0.15, 0.2) is 33.7 Å². The number of aromatic nitrogens is 2. The average Bonchev–Trinajstić information content (AvgIpc) is 3.12. The fourth-order valence-corrected chi connectivity index (χ4v) is 4.54. The van der Waals surface area contributed by atoms with Crippen molar-refractivity contribution in [2.45, 2.75) is 47.1 Å². The van der Waals surface area contributed by atoms with Crippen LogP contribution in [0, 0.1) is 27.7 Å². The molecule has 0 bridgehead atoms. The van der Waals surface area contributed by atoms with E-state index in [-0.39, 0.29) is 17.9 Å². The number of anilines is 1. The minimum Gasteiger partial charge on any atom is -0.443 e. The van der Waals surface area contributed by atoms with Crippen molar-refractivity contribution in [3.8, 4) is 0 Å². The van der Waals surface area contributed by atoms with Gasteiger partial charge >= 0.3 is 0 Å². The van der Waals surface area contributed by atoms with Gasteiger partial charge < -0.3 is 14.6 Å². The summed E-state index contributed by atoms with van der Waals surface area (Å²) in [7, 11) is 0. The molecule has 8 heteroatoms. The van der Waals surface area contributed by atoms with Gasteiger partial charge in [-0.25, -0.2) is 4.98 Å². The zero-order chi connectivity index (χ0) is 24.2. The van der Waals surface area contributed by atoms with E-state index >= 15 is 0 Å². The molecule has 3 heterocycles. The minimum absolute atomic E-state index is 0.0492. The van der Waals surface area contributed by atoms with Crippen molar-refractivity contribution >= 4 is 22.7 Å². The molecule has 1 amide bonds. The maximum Gasteiger partial charge on any atom is 0.264 e. The summed E-state index contributed by atoms with van der Waals surface area (Å²) in [6.45, 7) is 14.0. The first-order chi connectivity index (χ1) is 16.3. The van der Waals surface area contributed by atoms with Crippen molar-refractivity contribution in [1.29, 1.82) is 0 Å². The van der Waals surface area contributed by atoms with Crippen LogP contribution < -0.4 is 15.8 Å². The van der Waals surface area contributed by atoms with Gasteiger partial charge in [-0.2, -0.15) is 0 Å². The maximum atomic E-state index is 12.7. The van der Waals surface area contributed by atoms with Gasteiger partial charge in [0.25, 0.3) is 5.56 Å². The Kier molecular flexibility index (Phi) is 7.36. The van der Waals surface area contributed by atoms with E-state index in [0.717, 1.165) is 44.7 Å². The van der Waals surface area contributed by atoms with Gasteiger partial charge in [0.2, 0.25) is 11.6 Å². The lowest BCUT2D eigenvalue weighted by Gasteiger charge is -2.37. The molecule has 0 atom stereocenters. The molecular formula is C26H35N5O3. The lowest BCUT2D eigenvalue weighted by molar-refractivity contribution is -0.121. The van der Waals surface area contributed by atoms with E-state index in [2.05, 4.69) is 52.1 Å². The van der Waals surface area contributed by atoms with E-state index in [1.807, 2.05) is 13.8 Å². The van der Waals surface area contributed by atoms with Crippen LogP contribution in [-0.2, 0) is 11.3 Å². The zero-order valence-corrected chi connectivity index (χ0v) is 20.7. The highest BCUT2D eigenvalue weighted by Crippen LogP contribution is 2.23. The lowest BCUT2D eigenvalue weighted by atomic mass is 10.1. The number of benzene rings is 1. The minimum atomic E-state index is -0.160. The number of aryl methyl sites for hydroxylation is 5. The molecule has 1 aromatic carbocycles. The largest absolute Gasteiger partial charge is 0.443 e. The molecule has 0 aliphatic carbocycles. The van der Waals surface area contributed by atoms with E-state index < -0.39 is 0 Å². The standard InChI is InChI=1S/C26H35N5O3/c1-18-6-7-19(2)22(16-18)30-14-12-29(13-15-30)10-5-9-27-23(32)8-11-31-17-28-25-24(26(31)33)20(3)21(4)34-25/h6-7,16-17H,5,8-15H2,1-4H3,(H,27,32). The van der Waals surface area contributed by atoms with Crippen LogP contribution in [0.25, 0.3) is 11.1 Å². The molecule has 1 aliphatic rings. The molecule has 8 nitrogen and oxygen atoms in total. The Balaban J connectivity index is 1.17. The molecule has 2 aromatic heterocycles. The molecule has 1 saturated heterocycles. The molecule has 0 radical (unpaired) electrons. The van der Waals surface area contributed by atoms with E-state index in [9.17, 15) is 9.59 Å². The number of nitrogens with zero attached hydrogens (tertiary/aromatic N) is 4. The number of nitrogens with one attached hydrogen (secondary N) is 1. The Bertz CT molecular complexity index is 1220. The molecule has 1 fully saturated rings. The number of furan rings is 1. The molecule has 182 valence electrons. The highest BCUT2D eigenvalue weighted by molar-refractivity contribution is 5.77. The molecule has 34 heavy (non-hydrogen) atoms. The van der Waals surface area contributed by atoms with Gasteiger partial charge in [-0.05, 0) is 57.9 Å². The van der Waals surface area contributed by atoms with Crippen LogP contribution >= 0.6 is 0 Å². The van der Waals surface area contributed by atoms with Gasteiger partial charge in [0.05, 0.1) is 0 Å². The maximum absolute atomic E-state index is 12.7. The number of amides is 1. The highest BCUT2D eigenvalue weighted by atomic mass is 16.3. The molecular weight excluding hydrogens is 430 g/mol. The van der Waals surface area contributed by atoms with E-state index in [0.29, 0.717) is 29.9 Å². The van der Waals surface area contributed by atoms with Crippen LogP contribution in [-0.4, -0.2) is 59.6 Å². The molecule has 0 spiro atoms. The Morgan fingerprint density at radius 3 is 2.62 bits per heavy atom. The summed E-state index contributed by atoms with van der Waals surface area (Å²) in [4.78, 5) is 34.1. The quantitative estimate of drug-likeness (QED) is 0.515. The Labute approximate surface area is 200 Å². The number of piperazine rings is 1. The first-order valence-electron chi connectivity index (χ1n) is 12.1. The molecule has 3 aromatic rings. The Hall–Kier alpha value is -3.13. The topological polar surface area (TPSA) is 83.6 Å². The third kappa shape index (κ3) is 5.33. The van der Waals surface area contributed by atoms with Gasteiger partial charge in [0.1, 0.15) is 17.5 Å². The monoisotopic (exact) mass is 465 g/mol. The van der Waals surface area contributed by atoms with Crippen molar-refractivity contribution in [2.75, 3.05) is 44.2 Å². The first-order valence-corrected chi connectivity index (χ1v) is 12.1. The number of hydrogen-bond donors (Lipinski definition) is 1. The predicted octanol–water partition coefficient (Wildman–Crippen LogP) is 2.94. The van der Waals surface area contributed by atoms with Gasteiger partial charge in [-0.15, -0.1) is 0 Å². The van der Waals surface area contributed by atoms with E-state index in [1.54, 1.807) is 0 Å². The second kappa shape index (κ2) is 10.4. The van der Waals surface area contributed by atoms with E-state index in [1.165, 1.54) is 27.7 Å². The van der Waals surface area contributed by atoms with Gasteiger partial charge in [0.15, 0.2) is 0 Å². The summed E-state index contributed by atoms with van der Waals surface area (Å²) in [5.74, 6) is 0.647. The number of carbonyl (C=O) groups excluding carboxylic acids is 1. The summed E-state index contributed by atoms with van der Waals surface area (Å²) < 4.78 is 6.99. The van der Waals surface area contributed by atoms with Crippen molar-refractivity contribution in [3.63, 3.8) is 0 Å². The molecule has 1 aliphatic heterocycles. The third-order valence-corrected chi connectivity index (χ3v) is 6.79. The van der Waals surface area contributed by atoms with Crippen LogP contribution in [0.5, 0.6) is 0 Å². The Morgan fingerprint density at radius 1 is 1.09 bits per heavy atom. The lowest BCUT2D eigenvalue weighted by Crippen LogP contribution is -2.47. The fourth-order valence-electron chi connectivity index (χ4n) is 4.54. The van der Waals surface area contributed by atoms with Crippen molar-refractivity contribution in [3.05, 3.63) is 57.3 Å². The fraction of sp³-hybridized carbons (Fsp3) is 0.500. The number of fused-ring (bicyclic) bond motifs is 1. The second-order valence-electron chi connectivity index (χ2n) is 9.28. The molecule has 4 rings (SSSR count). The van der Waals surface area contributed by atoms with Gasteiger partial charge in [-0.3, -0.25) is 19.1 Å². The summed E-state index contributed by atoms with van der Waals surface area (Å²) in [5.41, 5.74) is 4.98. The van der Waals surface area contributed by atoms with Crippen LogP contribution in [0.1, 0.15) is 35.3 Å². The number of rotatable bonds is 8. The van der Waals surface area contributed by atoms with Gasteiger partial charge in [-0.1, -0.05) is 12.1 Å². The predicted molar refractivity (Wildman–Crippen MR) is 135 cm³/mol. The van der Waals surface area contributed by atoms with Gasteiger partial charge in [0, 0.05) is 56.9 Å². The average molecular weight is 466 g/mol. The van der Waals surface area contributed by atoms with Crippen molar-refractivity contribution < 1.29 is 9.21 Å². The van der Waals surface area contributed by atoms with E-state index in [4.69, 9.17) is 4.42 Å². The second-order valence-corrected chi connectivity index (χ2v) is 9.28. The smallest absolute Gasteiger partial charge is 0.264 e. The Morgan fingerprint density at radius 2 is 1.85 bits per heavy atom. The third-order valence-electron chi connectivity index (χ3n) is 6.79. The first kappa shape index (κ1) is 24.0. The summed E-state index contributed by atoms with van der Waals surface area (Å²) in [6, 6.07) is 6.64. The number of carbonyl (C=O) groups is 1. The van der Waals surface area contributed by atoms with Crippen molar-refractivity contribution in [1.82, 2.24) is 19.8 Å². The zero-order valence-electron chi connectivity index (χ0n) is 20.7. The molecule has 0 saturated carbocycles. The molecule has 0 unspecified atom stereocenters. The van der Waals surface area contributed by atoms with Crippen LogP contribution in [0.3, 0.4) is 0 Å². The van der Waals surface area contributed by atoms with Crippen LogP contribution in [0.2, 0.25) is 0 Å². The van der Waals surface area contributed by atoms with Crippen LogP contribution in [0.4, 0.5) is 5.69 Å². The van der Waals surface area contributed by atoms with Crippen molar-refractivity contribution in [2.24, 2.45) is 0 Å². The number of hydrogen-bond acceptors (Lipinski definition) is 6. The highest BCUT2D eigenvalue weighted by Gasteiger charge is 2.18. The summed E-state index contributed by atoms with van der Waals surface area (Å²) in [5, 5.41) is 3.48. The summed E-state index contributed by atoms with van der Waals surface area (Å²) >= 11 is 0. The normalized spacial score (nSPS) is 14.6. The SMILES string of the molecule is Cc1ccc(C)c(N2CCN(CCCNC(=O)CCn3cnc4oc(C)c(C)c4c3=O)CC2)c1. The molecule has 1 N–H and O–H groups in total.